The fourth-order valence-corrected chi connectivity index (χ4v) is 2.33. The van der Waals surface area contributed by atoms with E-state index in [1.54, 1.807) is 0 Å². The Hall–Kier alpha value is -1.32. The average Bonchev–Trinajstić information content (AvgIpc) is 2.84. The molecule has 1 N–H and O–H groups in total. The highest BCUT2D eigenvalue weighted by molar-refractivity contribution is 6.30. The molecule has 18 heavy (non-hydrogen) atoms. The third-order valence-corrected chi connectivity index (χ3v) is 3.31. The summed E-state index contributed by atoms with van der Waals surface area (Å²) in [5.74, 6) is 1.07. The second-order valence-electron chi connectivity index (χ2n) is 4.25. The molecule has 0 fully saturated rings. The van der Waals surface area contributed by atoms with Crippen LogP contribution in [0.15, 0.2) is 36.7 Å². The highest BCUT2D eigenvalue weighted by Gasteiger charge is 2.15. The molecule has 0 aliphatic carbocycles. The van der Waals surface area contributed by atoms with Crippen LogP contribution in [-0.2, 0) is 13.0 Å². The minimum Gasteiger partial charge on any atom is -0.334 e. The van der Waals surface area contributed by atoms with Crippen molar-refractivity contribution >= 4 is 11.6 Å². The van der Waals surface area contributed by atoms with Crippen molar-refractivity contribution in [2.45, 2.75) is 25.9 Å². The van der Waals surface area contributed by atoms with Gasteiger partial charge in [-0.25, -0.2) is 4.98 Å². The molecule has 0 bridgehead atoms. The molecule has 1 unspecified atom stereocenters. The first-order valence-corrected chi connectivity index (χ1v) is 6.55. The van der Waals surface area contributed by atoms with Gasteiger partial charge in [0.2, 0.25) is 0 Å². The van der Waals surface area contributed by atoms with Crippen LogP contribution in [0, 0.1) is 0 Å². The molecule has 2 aromatic rings. The van der Waals surface area contributed by atoms with E-state index in [1.165, 1.54) is 5.56 Å². The Morgan fingerprint density at radius 2 is 2.28 bits per heavy atom. The van der Waals surface area contributed by atoms with E-state index in [0.29, 0.717) is 0 Å². The lowest BCUT2D eigenvalue weighted by Crippen LogP contribution is -2.22. The Morgan fingerprint density at radius 1 is 1.44 bits per heavy atom. The number of nitrogens with one attached hydrogen (secondary N) is 1. The molecule has 0 spiro atoms. The third-order valence-electron chi connectivity index (χ3n) is 3.08. The van der Waals surface area contributed by atoms with Crippen molar-refractivity contribution in [3.8, 4) is 0 Å². The van der Waals surface area contributed by atoms with Crippen LogP contribution in [0.3, 0.4) is 0 Å². The van der Waals surface area contributed by atoms with E-state index in [2.05, 4.69) is 27.9 Å². The smallest absolute Gasteiger partial charge is 0.126 e. The summed E-state index contributed by atoms with van der Waals surface area (Å²) in [7, 11) is 1.96. The van der Waals surface area contributed by atoms with E-state index in [0.717, 1.165) is 23.8 Å². The van der Waals surface area contributed by atoms with Crippen LogP contribution in [0.2, 0.25) is 5.02 Å². The minimum absolute atomic E-state index is 0.207. The van der Waals surface area contributed by atoms with E-state index < -0.39 is 0 Å². The second-order valence-corrected chi connectivity index (χ2v) is 4.68. The molecule has 1 atom stereocenters. The Balaban J connectivity index is 2.20. The minimum atomic E-state index is 0.207. The molecule has 4 heteroatoms. The highest BCUT2D eigenvalue weighted by atomic mass is 35.5. The fraction of sp³-hybridized carbons (Fsp3) is 0.357. The second kappa shape index (κ2) is 6.03. The van der Waals surface area contributed by atoms with Gasteiger partial charge in [0.15, 0.2) is 0 Å². The SMILES string of the molecule is CCn1ccnc1C(Cc1cccc(Cl)c1)NC. The van der Waals surface area contributed by atoms with E-state index in [1.807, 2.05) is 37.6 Å². The van der Waals surface area contributed by atoms with Crippen molar-refractivity contribution in [1.29, 1.82) is 0 Å². The number of nitrogens with zero attached hydrogens (tertiary/aromatic N) is 2. The van der Waals surface area contributed by atoms with Crippen molar-refractivity contribution in [2.24, 2.45) is 0 Å². The lowest BCUT2D eigenvalue weighted by Gasteiger charge is -2.17. The topological polar surface area (TPSA) is 29.9 Å². The molecule has 0 radical (unpaired) electrons. The molecule has 96 valence electrons. The zero-order chi connectivity index (χ0) is 13.0. The van der Waals surface area contributed by atoms with Crippen molar-refractivity contribution in [2.75, 3.05) is 7.05 Å². The van der Waals surface area contributed by atoms with Crippen molar-refractivity contribution in [3.63, 3.8) is 0 Å². The summed E-state index contributed by atoms with van der Waals surface area (Å²) >= 11 is 6.01. The summed E-state index contributed by atoms with van der Waals surface area (Å²) in [5.41, 5.74) is 1.22. The predicted octanol–water partition coefficient (Wildman–Crippen LogP) is 3.06. The Kier molecular flexibility index (Phi) is 4.39. The van der Waals surface area contributed by atoms with Gasteiger partial charge in [0.25, 0.3) is 0 Å². The highest BCUT2D eigenvalue weighted by Crippen LogP contribution is 2.19. The van der Waals surface area contributed by atoms with Crippen molar-refractivity contribution in [3.05, 3.63) is 53.1 Å². The Morgan fingerprint density at radius 3 is 2.94 bits per heavy atom. The van der Waals surface area contributed by atoms with Crippen LogP contribution >= 0.6 is 11.6 Å². The van der Waals surface area contributed by atoms with Gasteiger partial charge in [-0.3, -0.25) is 0 Å². The lowest BCUT2D eigenvalue weighted by atomic mass is 10.1. The zero-order valence-corrected chi connectivity index (χ0v) is 11.5. The van der Waals surface area contributed by atoms with Gasteiger partial charge in [-0.05, 0) is 38.1 Å². The number of halogens is 1. The van der Waals surface area contributed by atoms with Gasteiger partial charge in [0.1, 0.15) is 5.82 Å². The van der Waals surface area contributed by atoms with Gasteiger partial charge in [-0.1, -0.05) is 23.7 Å². The van der Waals surface area contributed by atoms with E-state index in [9.17, 15) is 0 Å². The summed E-state index contributed by atoms with van der Waals surface area (Å²) < 4.78 is 2.16. The predicted molar refractivity (Wildman–Crippen MR) is 74.9 cm³/mol. The number of benzene rings is 1. The zero-order valence-electron chi connectivity index (χ0n) is 10.7. The molecule has 3 nitrogen and oxygen atoms in total. The molecule has 0 aliphatic heterocycles. The first-order valence-electron chi connectivity index (χ1n) is 6.17. The first kappa shape index (κ1) is 13.1. The van der Waals surface area contributed by atoms with Crippen LogP contribution in [0.1, 0.15) is 24.4 Å². The van der Waals surface area contributed by atoms with E-state index in [4.69, 9.17) is 11.6 Å². The molecule has 0 saturated carbocycles. The summed E-state index contributed by atoms with van der Waals surface area (Å²) in [6, 6.07) is 8.18. The van der Waals surface area contributed by atoms with Gasteiger partial charge in [-0.15, -0.1) is 0 Å². The average molecular weight is 264 g/mol. The number of aryl methyl sites for hydroxylation is 1. The van der Waals surface area contributed by atoms with Gasteiger partial charge in [0.05, 0.1) is 6.04 Å². The molecular weight excluding hydrogens is 246 g/mol. The maximum absolute atomic E-state index is 6.01. The Bertz CT molecular complexity index is 507. The van der Waals surface area contributed by atoms with E-state index >= 15 is 0 Å². The lowest BCUT2D eigenvalue weighted by molar-refractivity contribution is 0.523. The fourth-order valence-electron chi connectivity index (χ4n) is 2.12. The molecule has 0 aliphatic rings. The monoisotopic (exact) mass is 263 g/mol. The third kappa shape index (κ3) is 2.92. The molecule has 1 heterocycles. The van der Waals surface area contributed by atoms with E-state index in [-0.39, 0.29) is 6.04 Å². The van der Waals surface area contributed by atoms with Crippen LogP contribution in [0.4, 0.5) is 0 Å². The summed E-state index contributed by atoms with van der Waals surface area (Å²) in [4.78, 5) is 4.44. The number of aromatic nitrogens is 2. The number of rotatable bonds is 5. The van der Waals surface area contributed by atoms with Crippen molar-refractivity contribution in [1.82, 2.24) is 14.9 Å². The van der Waals surface area contributed by atoms with Crippen molar-refractivity contribution < 1.29 is 0 Å². The largest absolute Gasteiger partial charge is 0.334 e. The normalized spacial score (nSPS) is 12.6. The van der Waals surface area contributed by atoms with Crippen LogP contribution in [-0.4, -0.2) is 16.6 Å². The molecule has 1 aromatic heterocycles. The summed E-state index contributed by atoms with van der Waals surface area (Å²) in [5, 5.41) is 4.10. The standard InChI is InChI=1S/C14H18ClN3/c1-3-18-8-7-17-14(18)13(16-2)10-11-5-4-6-12(15)9-11/h4-9,13,16H,3,10H2,1-2H3. The Labute approximate surface area is 113 Å². The van der Waals surface area contributed by atoms with Gasteiger partial charge in [0, 0.05) is 24.0 Å². The number of imidazole rings is 1. The summed E-state index contributed by atoms with van der Waals surface area (Å²) in [6.45, 7) is 3.06. The molecule has 0 amide bonds. The number of hydrogen-bond donors (Lipinski definition) is 1. The number of likely N-dealkylation sites (N-methyl/N-ethyl adjacent to an activating group) is 1. The van der Waals surface area contributed by atoms with Gasteiger partial charge in [-0.2, -0.15) is 0 Å². The maximum Gasteiger partial charge on any atom is 0.126 e. The molecule has 0 saturated heterocycles. The molecule has 1 aromatic carbocycles. The summed E-state index contributed by atoms with van der Waals surface area (Å²) in [6.07, 6.45) is 4.74. The maximum atomic E-state index is 6.01. The van der Waals surface area contributed by atoms with Crippen LogP contribution in [0.25, 0.3) is 0 Å². The van der Waals surface area contributed by atoms with Gasteiger partial charge >= 0.3 is 0 Å². The quantitative estimate of drug-likeness (QED) is 0.899. The van der Waals surface area contributed by atoms with Crippen LogP contribution < -0.4 is 5.32 Å². The molecular formula is C14H18ClN3. The first-order chi connectivity index (χ1) is 8.74. The number of hydrogen-bond acceptors (Lipinski definition) is 2. The van der Waals surface area contributed by atoms with Gasteiger partial charge < -0.3 is 9.88 Å². The molecule has 2 rings (SSSR count). The van der Waals surface area contributed by atoms with Crippen LogP contribution in [0.5, 0.6) is 0 Å².